The van der Waals surface area contributed by atoms with Gasteiger partial charge in [0.25, 0.3) is 11.7 Å². The molecule has 3 aromatic rings. The van der Waals surface area contributed by atoms with Gasteiger partial charge in [-0.2, -0.15) is 0 Å². The molecule has 1 fully saturated rings. The van der Waals surface area contributed by atoms with Crippen LogP contribution in [0.4, 0.5) is 11.4 Å². The number of carbonyl (C=O) groups is 3. The van der Waals surface area contributed by atoms with Crippen molar-refractivity contribution in [3.05, 3.63) is 94.8 Å². The number of Topliss-reactive ketones (excluding diaryl/α,β-unsaturated/α-hetero) is 1. The summed E-state index contributed by atoms with van der Waals surface area (Å²) >= 11 is 0. The average Bonchev–Trinajstić information content (AvgIpc) is 3.06. The minimum absolute atomic E-state index is 0.000571. The first-order valence-electron chi connectivity index (χ1n) is 10.4. The smallest absolute Gasteiger partial charge is 0.300 e. The number of aromatic nitrogens is 1. The fraction of sp³-hybridized carbons (Fsp3) is 0.154. The largest absolute Gasteiger partial charge is 0.507 e. The van der Waals surface area contributed by atoms with Crippen LogP contribution in [0.2, 0.25) is 0 Å². The van der Waals surface area contributed by atoms with E-state index in [1.54, 1.807) is 60.9 Å². The highest BCUT2D eigenvalue weighted by atomic mass is 16.3. The first kappa shape index (κ1) is 22.0. The maximum absolute atomic E-state index is 13.2. The van der Waals surface area contributed by atoms with Gasteiger partial charge in [0.15, 0.2) is 0 Å². The molecule has 0 saturated carbocycles. The summed E-state index contributed by atoms with van der Waals surface area (Å²) in [6.45, 7) is 5.26. The fourth-order valence-corrected chi connectivity index (χ4v) is 3.94. The molecule has 1 aliphatic rings. The molecule has 1 saturated heterocycles. The lowest BCUT2D eigenvalue weighted by Gasteiger charge is -2.25. The van der Waals surface area contributed by atoms with E-state index in [9.17, 15) is 19.5 Å². The highest BCUT2D eigenvalue weighted by molar-refractivity contribution is 6.51. The van der Waals surface area contributed by atoms with Crippen LogP contribution >= 0.6 is 0 Å². The van der Waals surface area contributed by atoms with Crippen LogP contribution in [0, 0.1) is 13.8 Å². The number of ketones is 1. The van der Waals surface area contributed by atoms with Gasteiger partial charge >= 0.3 is 0 Å². The van der Waals surface area contributed by atoms with Crippen molar-refractivity contribution in [1.82, 2.24) is 4.98 Å². The van der Waals surface area contributed by atoms with Crippen LogP contribution in [0.1, 0.15) is 35.2 Å². The summed E-state index contributed by atoms with van der Waals surface area (Å²) in [5, 5.41) is 13.9. The van der Waals surface area contributed by atoms with Gasteiger partial charge in [0.05, 0.1) is 11.6 Å². The molecule has 1 unspecified atom stereocenters. The molecule has 7 nitrogen and oxygen atoms in total. The molecule has 33 heavy (non-hydrogen) atoms. The van der Waals surface area contributed by atoms with E-state index >= 15 is 0 Å². The first-order chi connectivity index (χ1) is 15.8. The molecule has 0 aliphatic carbocycles. The predicted molar refractivity (Wildman–Crippen MR) is 126 cm³/mol. The van der Waals surface area contributed by atoms with Crippen molar-refractivity contribution >= 4 is 34.7 Å². The van der Waals surface area contributed by atoms with Crippen molar-refractivity contribution < 1.29 is 19.5 Å². The number of aryl methyl sites for hydroxylation is 2. The molecule has 2 aromatic carbocycles. The third kappa shape index (κ3) is 4.13. The number of amides is 2. The molecule has 0 bridgehead atoms. The summed E-state index contributed by atoms with van der Waals surface area (Å²) in [6.07, 6.45) is 3.14. The number of pyridine rings is 1. The third-order valence-electron chi connectivity index (χ3n) is 5.69. The van der Waals surface area contributed by atoms with Crippen molar-refractivity contribution in [3.8, 4) is 0 Å². The highest BCUT2D eigenvalue weighted by Gasteiger charge is 2.47. The monoisotopic (exact) mass is 441 g/mol. The number of aliphatic hydroxyl groups is 1. The SMILES string of the molecule is CC(=O)Nc1cccc(N2C(=O)C(=O)/C(=C(/O)c3ccc(C)c(C)c3)C2c2ccncc2)c1. The van der Waals surface area contributed by atoms with E-state index in [-0.39, 0.29) is 17.2 Å². The zero-order valence-electron chi connectivity index (χ0n) is 18.5. The van der Waals surface area contributed by atoms with Gasteiger partial charge < -0.3 is 10.4 Å². The van der Waals surface area contributed by atoms with Gasteiger partial charge in [-0.1, -0.05) is 18.2 Å². The molecule has 0 spiro atoms. The van der Waals surface area contributed by atoms with Crippen LogP contribution in [0.3, 0.4) is 0 Å². The summed E-state index contributed by atoms with van der Waals surface area (Å²) < 4.78 is 0. The second kappa shape index (κ2) is 8.70. The van der Waals surface area contributed by atoms with E-state index in [1.165, 1.54) is 11.8 Å². The topological polar surface area (TPSA) is 99.6 Å². The van der Waals surface area contributed by atoms with Crippen LogP contribution in [-0.4, -0.2) is 27.7 Å². The van der Waals surface area contributed by atoms with E-state index in [1.807, 2.05) is 19.9 Å². The lowest BCUT2D eigenvalue weighted by atomic mass is 9.94. The van der Waals surface area contributed by atoms with Crippen molar-refractivity contribution in [3.63, 3.8) is 0 Å². The Hall–Kier alpha value is -4.26. The van der Waals surface area contributed by atoms with Crippen molar-refractivity contribution in [2.75, 3.05) is 10.2 Å². The van der Waals surface area contributed by atoms with Gasteiger partial charge in [0.1, 0.15) is 5.76 Å². The Labute approximate surface area is 191 Å². The predicted octanol–water partition coefficient (Wildman–Crippen LogP) is 4.28. The van der Waals surface area contributed by atoms with Crippen molar-refractivity contribution in [1.29, 1.82) is 0 Å². The quantitative estimate of drug-likeness (QED) is 0.358. The maximum atomic E-state index is 13.2. The number of carbonyl (C=O) groups excluding carboxylic acids is 3. The highest BCUT2D eigenvalue weighted by Crippen LogP contribution is 2.42. The Kier molecular flexibility index (Phi) is 5.79. The molecule has 7 heteroatoms. The van der Waals surface area contributed by atoms with Gasteiger partial charge in [0, 0.05) is 36.3 Å². The Morgan fingerprint density at radius 3 is 2.39 bits per heavy atom. The molecule has 2 amide bonds. The minimum atomic E-state index is -0.859. The zero-order valence-corrected chi connectivity index (χ0v) is 18.5. The summed E-state index contributed by atoms with van der Waals surface area (Å²) in [7, 11) is 0. The van der Waals surface area contributed by atoms with E-state index in [2.05, 4.69) is 10.3 Å². The van der Waals surface area contributed by atoms with Gasteiger partial charge in [-0.05, 0) is 66.9 Å². The number of anilines is 2. The lowest BCUT2D eigenvalue weighted by Crippen LogP contribution is -2.29. The minimum Gasteiger partial charge on any atom is -0.507 e. The number of benzene rings is 2. The molecule has 4 rings (SSSR count). The van der Waals surface area contributed by atoms with E-state index in [0.717, 1.165) is 11.1 Å². The van der Waals surface area contributed by atoms with Gasteiger partial charge in [0.2, 0.25) is 5.91 Å². The molecule has 2 heterocycles. The number of hydrogen-bond donors (Lipinski definition) is 2. The number of nitrogens with zero attached hydrogens (tertiary/aromatic N) is 2. The van der Waals surface area contributed by atoms with Crippen LogP contribution in [0.5, 0.6) is 0 Å². The lowest BCUT2D eigenvalue weighted by molar-refractivity contribution is -0.132. The van der Waals surface area contributed by atoms with Crippen LogP contribution in [-0.2, 0) is 14.4 Å². The standard InChI is InChI=1S/C26H23N3O4/c1-15-7-8-19(13-16(15)2)24(31)22-23(18-9-11-27-12-10-18)29(26(33)25(22)32)21-6-4-5-20(14-21)28-17(3)30/h4-14,23,31H,1-3H3,(H,28,30)/b24-22+. The van der Waals surface area contributed by atoms with E-state index in [4.69, 9.17) is 0 Å². The number of aliphatic hydroxyl groups excluding tert-OH is 1. The summed E-state index contributed by atoms with van der Waals surface area (Å²) in [5.74, 6) is -2.03. The second-order valence-electron chi connectivity index (χ2n) is 7.98. The molecular formula is C26H23N3O4. The number of rotatable bonds is 4. The summed E-state index contributed by atoms with van der Waals surface area (Å²) in [5.41, 5.74) is 4.00. The van der Waals surface area contributed by atoms with Gasteiger partial charge in [-0.25, -0.2) is 0 Å². The molecular weight excluding hydrogens is 418 g/mol. The Morgan fingerprint density at radius 1 is 1.00 bits per heavy atom. The van der Waals surface area contributed by atoms with E-state index < -0.39 is 17.7 Å². The van der Waals surface area contributed by atoms with E-state index in [0.29, 0.717) is 22.5 Å². The third-order valence-corrected chi connectivity index (χ3v) is 5.69. The molecule has 1 aliphatic heterocycles. The normalized spacial score (nSPS) is 17.3. The van der Waals surface area contributed by atoms with Gasteiger partial charge in [-0.15, -0.1) is 0 Å². The van der Waals surface area contributed by atoms with Crippen LogP contribution < -0.4 is 10.2 Å². The Morgan fingerprint density at radius 2 is 1.73 bits per heavy atom. The van der Waals surface area contributed by atoms with Crippen LogP contribution in [0.25, 0.3) is 5.76 Å². The summed E-state index contributed by atoms with van der Waals surface area (Å²) in [4.78, 5) is 43.3. The van der Waals surface area contributed by atoms with Gasteiger partial charge in [-0.3, -0.25) is 24.3 Å². The molecule has 166 valence electrons. The number of hydrogen-bond acceptors (Lipinski definition) is 5. The molecule has 1 atom stereocenters. The first-order valence-corrected chi connectivity index (χ1v) is 10.4. The maximum Gasteiger partial charge on any atom is 0.300 e. The zero-order chi connectivity index (χ0) is 23.7. The molecule has 0 radical (unpaired) electrons. The van der Waals surface area contributed by atoms with Crippen molar-refractivity contribution in [2.24, 2.45) is 0 Å². The van der Waals surface area contributed by atoms with Crippen LogP contribution in [0.15, 0.2) is 72.6 Å². The summed E-state index contributed by atoms with van der Waals surface area (Å²) in [6, 6.07) is 14.6. The Bertz CT molecular complexity index is 1300. The number of nitrogens with one attached hydrogen (secondary N) is 1. The van der Waals surface area contributed by atoms with Crippen molar-refractivity contribution in [2.45, 2.75) is 26.8 Å². The second-order valence-corrected chi connectivity index (χ2v) is 7.98. The molecule has 2 N–H and O–H groups in total. The fourth-order valence-electron chi connectivity index (χ4n) is 3.94. The Balaban J connectivity index is 1.91. The average molecular weight is 441 g/mol. The molecule has 1 aromatic heterocycles.